The molecule has 92 valence electrons. The first-order chi connectivity index (χ1) is 7.98. The van der Waals surface area contributed by atoms with Gasteiger partial charge < -0.3 is 5.32 Å². The molecule has 0 aliphatic carbocycles. The monoisotopic (exact) mass is 305 g/mol. The van der Waals surface area contributed by atoms with Crippen molar-refractivity contribution in [3.8, 4) is 0 Å². The minimum Gasteiger partial charge on any atom is -0.313 e. The van der Waals surface area contributed by atoms with Crippen molar-refractivity contribution in [2.24, 2.45) is 0 Å². The van der Waals surface area contributed by atoms with Crippen LogP contribution in [0.25, 0.3) is 5.57 Å². The van der Waals surface area contributed by atoms with Crippen molar-refractivity contribution in [1.29, 1.82) is 0 Å². The van der Waals surface area contributed by atoms with E-state index in [4.69, 9.17) is 0 Å². The fraction of sp³-hybridized carbons (Fsp3) is 0.333. The van der Waals surface area contributed by atoms with Crippen molar-refractivity contribution in [3.05, 3.63) is 39.9 Å². The predicted octanol–water partition coefficient (Wildman–Crippen LogP) is 3.84. The van der Waals surface area contributed by atoms with E-state index in [-0.39, 0.29) is 4.47 Å². The van der Waals surface area contributed by atoms with Crippen molar-refractivity contribution in [2.45, 2.75) is 12.6 Å². The van der Waals surface area contributed by atoms with Crippen molar-refractivity contribution in [3.63, 3.8) is 0 Å². The number of nitrogens with one attached hydrogen (secondary N) is 1. The van der Waals surface area contributed by atoms with Gasteiger partial charge in [-0.1, -0.05) is 28.1 Å². The van der Waals surface area contributed by atoms with E-state index in [0.717, 1.165) is 36.7 Å². The minimum absolute atomic E-state index is 0.0990. The zero-order valence-corrected chi connectivity index (χ0v) is 10.5. The molecule has 0 amide bonds. The third-order valence-corrected chi connectivity index (χ3v) is 3.37. The minimum atomic E-state index is -4.31. The Kier molecular flexibility index (Phi) is 3.58. The Morgan fingerprint density at radius 1 is 1.24 bits per heavy atom. The number of alkyl halides is 3. The first kappa shape index (κ1) is 12.6. The maximum Gasteiger partial charge on any atom is 0.417 e. The number of benzene rings is 1. The third-order valence-electron chi connectivity index (χ3n) is 2.71. The Balaban J connectivity index is 2.34. The molecule has 1 nitrogen and oxygen atoms in total. The van der Waals surface area contributed by atoms with Crippen LogP contribution < -0.4 is 5.32 Å². The maximum absolute atomic E-state index is 12.6. The van der Waals surface area contributed by atoms with Gasteiger partial charge in [0, 0.05) is 11.0 Å². The van der Waals surface area contributed by atoms with Crippen molar-refractivity contribution >= 4 is 21.5 Å². The van der Waals surface area contributed by atoms with E-state index in [2.05, 4.69) is 21.2 Å². The summed E-state index contributed by atoms with van der Waals surface area (Å²) in [6.07, 6.45) is -1.45. The molecule has 0 radical (unpaired) electrons. The lowest BCUT2D eigenvalue weighted by Gasteiger charge is -2.16. The molecule has 0 atom stereocenters. The normalized spacial score (nSPS) is 16.8. The summed E-state index contributed by atoms with van der Waals surface area (Å²) < 4.78 is 37.8. The SMILES string of the molecule is FC(F)(F)c1ccc(C2=CCNCC2)cc1Br. The first-order valence-corrected chi connectivity index (χ1v) is 6.04. The lowest BCUT2D eigenvalue weighted by atomic mass is 9.99. The topological polar surface area (TPSA) is 12.0 Å². The van der Waals surface area contributed by atoms with Crippen LogP contribution in [0.4, 0.5) is 13.2 Å². The molecular formula is C12H11BrF3N. The smallest absolute Gasteiger partial charge is 0.313 e. The third kappa shape index (κ3) is 2.90. The van der Waals surface area contributed by atoms with E-state index in [1.165, 1.54) is 6.07 Å². The summed E-state index contributed by atoms with van der Waals surface area (Å²) >= 11 is 2.99. The molecule has 1 aromatic carbocycles. The summed E-state index contributed by atoms with van der Waals surface area (Å²) in [5.41, 5.74) is 1.32. The number of halogens is 4. The Hall–Kier alpha value is -0.810. The van der Waals surface area contributed by atoms with Gasteiger partial charge in [0.1, 0.15) is 0 Å². The average Bonchev–Trinajstić information content (AvgIpc) is 2.28. The lowest BCUT2D eigenvalue weighted by Crippen LogP contribution is -2.20. The second-order valence-electron chi connectivity index (χ2n) is 3.88. The van der Waals surface area contributed by atoms with E-state index in [1.54, 1.807) is 6.07 Å². The van der Waals surface area contributed by atoms with Crippen LogP contribution in [0.2, 0.25) is 0 Å². The van der Waals surface area contributed by atoms with Crippen LogP contribution in [0.1, 0.15) is 17.5 Å². The fourth-order valence-electron chi connectivity index (χ4n) is 1.83. The van der Waals surface area contributed by atoms with Crippen LogP contribution in [-0.4, -0.2) is 13.1 Å². The van der Waals surface area contributed by atoms with Gasteiger partial charge in [-0.05, 0) is 36.2 Å². The predicted molar refractivity (Wildman–Crippen MR) is 64.6 cm³/mol. The average molecular weight is 306 g/mol. The Labute approximate surface area is 106 Å². The largest absolute Gasteiger partial charge is 0.417 e. The molecular weight excluding hydrogens is 295 g/mol. The second kappa shape index (κ2) is 4.82. The zero-order valence-electron chi connectivity index (χ0n) is 8.94. The second-order valence-corrected chi connectivity index (χ2v) is 4.73. The van der Waals surface area contributed by atoms with Gasteiger partial charge in [0.2, 0.25) is 0 Å². The Morgan fingerprint density at radius 3 is 2.53 bits per heavy atom. The molecule has 0 fully saturated rings. The van der Waals surface area contributed by atoms with Gasteiger partial charge >= 0.3 is 6.18 Å². The van der Waals surface area contributed by atoms with E-state index < -0.39 is 11.7 Å². The molecule has 0 saturated carbocycles. The molecule has 1 heterocycles. The molecule has 5 heteroatoms. The highest BCUT2D eigenvalue weighted by Gasteiger charge is 2.32. The molecule has 0 saturated heterocycles. The summed E-state index contributed by atoms with van der Waals surface area (Å²) in [5.74, 6) is 0. The van der Waals surface area contributed by atoms with Gasteiger partial charge in [0.15, 0.2) is 0 Å². The lowest BCUT2D eigenvalue weighted by molar-refractivity contribution is -0.138. The van der Waals surface area contributed by atoms with Crippen LogP contribution >= 0.6 is 15.9 Å². The summed E-state index contributed by atoms with van der Waals surface area (Å²) in [4.78, 5) is 0. The van der Waals surface area contributed by atoms with Gasteiger partial charge in [0.05, 0.1) is 5.56 Å². The van der Waals surface area contributed by atoms with E-state index in [1.807, 2.05) is 6.08 Å². The zero-order chi connectivity index (χ0) is 12.5. The molecule has 1 aromatic rings. The molecule has 1 N–H and O–H groups in total. The standard InChI is InChI=1S/C12H11BrF3N/c13-11-7-9(8-3-5-17-6-4-8)1-2-10(11)12(14,15)16/h1-3,7,17H,4-6H2. The molecule has 0 spiro atoms. The highest BCUT2D eigenvalue weighted by molar-refractivity contribution is 9.10. The maximum atomic E-state index is 12.6. The number of rotatable bonds is 1. The first-order valence-electron chi connectivity index (χ1n) is 5.25. The van der Waals surface area contributed by atoms with Crippen molar-refractivity contribution in [2.75, 3.05) is 13.1 Å². The number of hydrogen-bond acceptors (Lipinski definition) is 1. The number of hydrogen-bond donors (Lipinski definition) is 1. The summed E-state index contributed by atoms with van der Waals surface area (Å²) in [6, 6.07) is 4.20. The molecule has 0 unspecified atom stereocenters. The van der Waals surface area contributed by atoms with Crippen LogP contribution in [0.3, 0.4) is 0 Å². The molecule has 17 heavy (non-hydrogen) atoms. The van der Waals surface area contributed by atoms with Gasteiger partial charge in [-0.2, -0.15) is 13.2 Å². The molecule has 0 aromatic heterocycles. The van der Waals surface area contributed by atoms with E-state index in [0.29, 0.717) is 0 Å². The Bertz CT molecular complexity index is 452. The molecule has 2 rings (SSSR count). The van der Waals surface area contributed by atoms with Crippen LogP contribution in [0.15, 0.2) is 28.7 Å². The fourth-order valence-corrected chi connectivity index (χ4v) is 2.43. The van der Waals surface area contributed by atoms with Gasteiger partial charge in [-0.3, -0.25) is 0 Å². The molecule has 1 aliphatic heterocycles. The van der Waals surface area contributed by atoms with E-state index in [9.17, 15) is 13.2 Å². The van der Waals surface area contributed by atoms with Crippen LogP contribution in [0, 0.1) is 0 Å². The van der Waals surface area contributed by atoms with Crippen molar-refractivity contribution < 1.29 is 13.2 Å². The van der Waals surface area contributed by atoms with Gasteiger partial charge in [0.25, 0.3) is 0 Å². The highest BCUT2D eigenvalue weighted by atomic mass is 79.9. The summed E-state index contributed by atoms with van der Waals surface area (Å²) in [5, 5.41) is 3.17. The molecule has 0 bridgehead atoms. The quantitative estimate of drug-likeness (QED) is 0.831. The Morgan fingerprint density at radius 2 is 2.00 bits per heavy atom. The van der Waals surface area contributed by atoms with E-state index >= 15 is 0 Å². The van der Waals surface area contributed by atoms with Gasteiger partial charge in [-0.25, -0.2) is 0 Å². The van der Waals surface area contributed by atoms with Crippen molar-refractivity contribution in [1.82, 2.24) is 5.32 Å². The van der Waals surface area contributed by atoms with Gasteiger partial charge in [-0.15, -0.1) is 0 Å². The summed E-state index contributed by atoms with van der Waals surface area (Å²) in [6.45, 7) is 1.64. The van der Waals surface area contributed by atoms with Crippen LogP contribution in [-0.2, 0) is 6.18 Å². The highest BCUT2D eigenvalue weighted by Crippen LogP contribution is 2.36. The van der Waals surface area contributed by atoms with Crippen LogP contribution in [0.5, 0.6) is 0 Å². The summed E-state index contributed by atoms with van der Waals surface area (Å²) in [7, 11) is 0. The molecule has 1 aliphatic rings.